The Morgan fingerprint density at radius 2 is 1.92 bits per heavy atom. The predicted octanol–water partition coefficient (Wildman–Crippen LogP) is 3.21. The lowest BCUT2D eigenvalue weighted by atomic mass is 10.1. The van der Waals surface area contributed by atoms with E-state index in [4.69, 9.17) is 17.3 Å². The molecular formula is C15H10ClN3O4S. The summed E-state index contributed by atoms with van der Waals surface area (Å²) in [6, 6.07) is 9.45. The van der Waals surface area contributed by atoms with Gasteiger partial charge in [-0.05, 0) is 36.4 Å². The smallest absolute Gasteiger partial charge is 0.297 e. The van der Waals surface area contributed by atoms with Crippen LogP contribution >= 0.6 is 11.6 Å². The van der Waals surface area contributed by atoms with Crippen LogP contribution in [0.2, 0.25) is 5.02 Å². The molecule has 0 fully saturated rings. The van der Waals surface area contributed by atoms with Gasteiger partial charge in [0, 0.05) is 11.2 Å². The summed E-state index contributed by atoms with van der Waals surface area (Å²) in [4.78, 5) is 14.1. The summed E-state index contributed by atoms with van der Waals surface area (Å²) < 4.78 is 25.7. The van der Waals surface area contributed by atoms with Crippen molar-refractivity contribution < 1.29 is 13.3 Å². The van der Waals surface area contributed by atoms with E-state index in [1.807, 2.05) is 0 Å². The summed E-state index contributed by atoms with van der Waals surface area (Å²) in [5.41, 5.74) is 5.51. The number of rotatable bonds is 3. The lowest BCUT2D eigenvalue weighted by Crippen LogP contribution is -2.08. The molecule has 0 aliphatic heterocycles. The summed E-state index contributed by atoms with van der Waals surface area (Å²) in [5.74, 6) is 0. The molecule has 0 amide bonds. The summed E-state index contributed by atoms with van der Waals surface area (Å²) in [6.45, 7) is 0. The average Bonchev–Trinajstić information content (AvgIpc) is 2.54. The zero-order valence-electron chi connectivity index (χ0n) is 12.0. The lowest BCUT2D eigenvalue weighted by Gasteiger charge is -2.10. The minimum Gasteiger partial charge on any atom is -0.397 e. The number of pyridine rings is 1. The molecule has 0 unspecified atom stereocenters. The number of benzene rings is 2. The number of fused-ring (bicyclic) bond motifs is 1. The number of hydrogen-bond acceptors (Lipinski definition) is 6. The number of halogens is 1. The van der Waals surface area contributed by atoms with Gasteiger partial charge >= 0.3 is 0 Å². The number of nitro groups is 1. The monoisotopic (exact) mass is 363 g/mol. The standard InChI is InChI=1S/C15H10ClN3O4S/c16-9-3-1-4-10(7-9)24(22,23)13-8-12(17)14-11(5-2-6-18-14)15(13)19(20)21/h1-8H,17H2. The molecule has 3 rings (SSSR count). The van der Waals surface area contributed by atoms with Gasteiger partial charge in [0.1, 0.15) is 5.52 Å². The fraction of sp³-hybridized carbons (Fsp3) is 0. The van der Waals surface area contributed by atoms with Crippen molar-refractivity contribution in [3.05, 3.63) is 63.8 Å². The third-order valence-corrected chi connectivity index (χ3v) is 5.43. The maximum Gasteiger partial charge on any atom is 0.297 e. The number of nitrogens with two attached hydrogens (primary N) is 1. The second-order valence-corrected chi connectivity index (χ2v) is 7.28. The Bertz CT molecular complexity index is 1080. The highest BCUT2D eigenvalue weighted by Crippen LogP contribution is 2.38. The first-order valence-electron chi connectivity index (χ1n) is 6.64. The quantitative estimate of drug-likeness (QED) is 0.434. The van der Waals surface area contributed by atoms with Gasteiger partial charge in [-0.1, -0.05) is 17.7 Å². The summed E-state index contributed by atoms with van der Waals surface area (Å²) >= 11 is 5.83. The van der Waals surface area contributed by atoms with Gasteiger partial charge in [-0.3, -0.25) is 15.1 Å². The summed E-state index contributed by atoms with van der Waals surface area (Å²) in [5, 5.41) is 11.8. The number of hydrogen-bond donors (Lipinski definition) is 1. The van der Waals surface area contributed by atoms with E-state index in [2.05, 4.69) is 4.98 Å². The van der Waals surface area contributed by atoms with Gasteiger partial charge in [0.2, 0.25) is 9.84 Å². The van der Waals surface area contributed by atoms with Crippen LogP contribution in [-0.4, -0.2) is 18.3 Å². The van der Waals surface area contributed by atoms with E-state index < -0.39 is 25.3 Å². The highest BCUT2D eigenvalue weighted by atomic mass is 35.5. The van der Waals surface area contributed by atoms with Crippen LogP contribution in [0.1, 0.15) is 0 Å². The Kier molecular flexibility index (Phi) is 3.86. The molecule has 7 nitrogen and oxygen atoms in total. The molecule has 24 heavy (non-hydrogen) atoms. The van der Waals surface area contributed by atoms with E-state index in [9.17, 15) is 18.5 Å². The Morgan fingerprint density at radius 3 is 2.58 bits per heavy atom. The van der Waals surface area contributed by atoms with Crippen LogP contribution in [0, 0.1) is 10.1 Å². The van der Waals surface area contributed by atoms with E-state index in [0.29, 0.717) is 0 Å². The van der Waals surface area contributed by atoms with Crippen molar-refractivity contribution in [3.63, 3.8) is 0 Å². The normalized spacial score (nSPS) is 11.5. The zero-order valence-corrected chi connectivity index (χ0v) is 13.6. The van der Waals surface area contributed by atoms with Crippen molar-refractivity contribution in [2.24, 2.45) is 0 Å². The maximum absolute atomic E-state index is 12.9. The van der Waals surface area contributed by atoms with Crippen molar-refractivity contribution >= 4 is 43.7 Å². The van der Waals surface area contributed by atoms with Gasteiger partial charge in [-0.15, -0.1) is 0 Å². The van der Waals surface area contributed by atoms with Crippen molar-refractivity contribution in [1.82, 2.24) is 4.98 Å². The number of sulfone groups is 1. The Hall–Kier alpha value is -2.71. The summed E-state index contributed by atoms with van der Waals surface area (Å²) in [6.07, 6.45) is 1.42. The van der Waals surface area contributed by atoms with Gasteiger partial charge in [0.05, 0.1) is 20.9 Å². The van der Waals surface area contributed by atoms with E-state index in [1.54, 1.807) is 0 Å². The Balaban J connectivity index is 2.42. The molecule has 0 aliphatic carbocycles. The van der Waals surface area contributed by atoms with Gasteiger partial charge < -0.3 is 5.73 Å². The number of nitrogens with zero attached hydrogens (tertiary/aromatic N) is 2. The molecule has 1 aromatic heterocycles. The molecule has 0 spiro atoms. The first kappa shape index (κ1) is 16.2. The minimum absolute atomic E-state index is 0.0387. The van der Waals surface area contributed by atoms with Crippen LogP contribution in [0.3, 0.4) is 0 Å². The van der Waals surface area contributed by atoms with Crippen LogP contribution in [0.4, 0.5) is 11.4 Å². The van der Waals surface area contributed by atoms with Crippen LogP contribution < -0.4 is 5.73 Å². The topological polar surface area (TPSA) is 116 Å². The highest BCUT2D eigenvalue weighted by Gasteiger charge is 2.31. The highest BCUT2D eigenvalue weighted by molar-refractivity contribution is 7.91. The number of nitrogen functional groups attached to an aromatic ring is 1. The van der Waals surface area contributed by atoms with E-state index in [1.165, 1.54) is 42.6 Å². The molecule has 1 heterocycles. The van der Waals surface area contributed by atoms with Gasteiger partial charge in [-0.25, -0.2) is 8.42 Å². The molecular weight excluding hydrogens is 354 g/mol. The van der Waals surface area contributed by atoms with Crippen LogP contribution in [0.15, 0.2) is 58.5 Å². The zero-order chi connectivity index (χ0) is 17.5. The predicted molar refractivity (Wildman–Crippen MR) is 89.7 cm³/mol. The third kappa shape index (κ3) is 2.55. The molecule has 2 N–H and O–H groups in total. The molecule has 0 saturated carbocycles. The van der Waals surface area contributed by atoms with Gasteiger partial charge in [0.25, 0.3) is 5.69 Å². The Labute approximate surface area is 141 Å². The molecule has 3 aromatic rings. The molecule has 0 radical (unpaired) electrons. The van der Waals surface area contributed by atoms with Crippen LogP contribution in [0.5, 0.6) is 0 Å². The average molecular weight is 364 g/mol. The minimum atomic E-state index is -4.19. The van der Waals surface area contributed by atoms with E-state index in [-0.39, 0.29) is 26.5 Å². The van der Waals surface area contributed by atoms with Crippen molar-refractivity contribution in [1.29, 1.82) is 0 Å². The number of aromatic nitrogens is 1. The second-order valence-electron chi connectivity index (χ2n) is 4.93. The SMILES string of the molecule is Nc1cc(S(=O)(=O)c2cccc(Cl)c2)c([N+](=O)[O-])c2cccnc12. The Morgan fingerprint density at radius 1 is 1.17 bits per heavy atom. The lowest BCUT2D eigenvalue weighted by molar-refractivity contribution is -0.386. The van der Waals surface area contributed by atoms with Crippen LogP contribution in [0.25, 0.3) is 10.9 Å². The number of nitro benzene ring substituents is 1. The van der Waals surface area contributed by atoms with E-state index >= 15 is 0 Å². The van der Waals surface area contributed by atoms with Gasteiger partial charge in [-0.2, -0.15) is 0 Å². The molecule has 2 aromatic carbocycles. The van der Waals surface area contributed by atoms with Crippen LogP contribution in [-0.2, 0) is 9.84 Å². The third-order valence-electron chi connectivity index (χ3n) is 3.43. The fourth-order valence-corrected chi connectivity index (χ4v) is 4.16. The van der Waals surface area contributed by atoms with Gasteiger partial charge in [0.15, 0.2) is 4.90 Å². The second kappa shape index (κ2) is 5.73. The molecule has 122 valence electrons. The molecule has 0 bridgehead atoms. The van der Waals surface area contributed by atoms with Crippen molar-refractivity contribution in [2.75, 3.05) is 5.73 Å². The maximum atomic E-state index is 12.9. The molecule has 9 heteroatoms. The molecule has 0 aliphatic rings. The largest absolute Gasteiger partial charge is 0.397 e. The summed E-state index contributed by atoms with van der Waals surface area (Å²) in [7, 11) is -4.19. The molecule has 0 saturated heterocycles. The van der Waals surface area contributed by atoms with E-state index in [0.717, 1.165) is 6.07 Å². The first-order chi connectivity index (χ1) is 11.3. The first-order valence-corrected chi connectivity index (χ1v) is 8.50. The number of anilines is 1. The molecule has 0 atom stereocenters. The van der Waals surface area contributed by atoms with Crippen molar-refractivity contribution in [3.8, 4) is 0 Å². The fourth-order valence-electron chi connectivity index (χ4n) is 2.39. The van der Waals surface area contributed by atoms with Crippen molar-refractivity contribution in [2.45, 2.75) is 9.79 Å².